The Morgan fingerprint density at radius 1 is 1.54 bits per heavy atom. The van der Waals surface area contributed by atoms with E-state index in [1.165, 1.54) is 6.07 Å². The molecule has 0 aliphatic heterocycles. The van der Waals surface area contributed by atoms with Crippen molar-refractivity contribution in [2.45, 2.75) is 23.2 Å². The van der Waals surface area contributed by atoms with Gasteiger partial charge in [-0.15, -0.1) is 0 Å². The largest absolute Gasteiger partial charge is 0.442 e. The summed E-state index contributed by atoms with van der Waals surface area (Å²) in [6.07, 6.45) is 1.94. The molecular formula is C8H9NO3S. The van der Waals surface area contributed by atoms with Gasteiger partial charge in [0.15, 0.2) is 10.9 Å². The third-order valence-corrected chi connectivity index (χ3v) is 3.54. The Hall–Kier alpha value is -1.10. The Bertz CT molecular complexity index is 367. The lowest BCUT2D eigenvalue weighted by atomic mass is 10.4. The molecule has 1 aliphatic carbocycles. The second-order valence-corrected chi connectivity index (χ2v) is 4.64. The number of furan rings is 1. The van der Waals surface area contributed by atoms with E-state index in [0.29, 0.717) is 5.09 Å². The van der Waals surface area contributed by atoms with Crippen molar-refractivity contribution in [3.63, 3.8) is 0 Å². The van der Waals surface area contributed by atoms with Crippen molar-refractivity contribution in [2.24, 2.45) is 5.73 Å². The highest BCUT2D eigenvalue weighted by Crippen LogP contribution is 2.30. The lowest BCUT2D eigenvalue weighted by Crippen LogP contribution is -2.09. The molecule has 1 heterocycles. The molecule has 4 nitrogen and oxygen atoms in total. The van der Waals surface area contributed by atoms with Crippen LogP contribution in [0.15, 0.2) is 21.6 Å². The fourth-order valence-corrected chi connectivity index (χ4v) is 2.27. The average molecular weight is 199 g/mol. The van der Waals surface area contributed by atoms with E-state index in [1.807, 2.05) is 0 Å². The number of primary amides is 1. The van der Waals surface area contributed by atoms with Crippen LogP contribution in [-0.4, -0.2) is 15.4 Å². The summed E-state index contributed by atoms with van der Waals surface area (Å²) in [5, 5.41) is 0.572. The molecule has 1 fully saturated rings. The van der Waals surface area contributed by atoms with Crippen molar-refractivity contribution in [3.05, 3.63) is 17.9 Å². The molecule has 0 spiro atoms. The van der Waals surface area contributed by atoms with Crippen LogP contribution in [0, 0.1) is 0 Å². The number of carbonyl (C=O) groups is 1. The highest BCUT2D eigenvalue weighted by molar-refractivity contribution is 7.85. The topological polar surface area (TPSA) is 73.3 Å². The zero-order chi connectivity index (χ0) is 9.42. The number of carbonyl (C=O) groups excluding carboxylic acids is 1. The number of nitrogens with two attached hydrogens (primary N) is 1. The van der Waals surface area contributed by atoms with Crippen LogP contribution in [-0.2, 0) is 10.8 Å². The van der Waals surface area contributed by atoms with E-state index in [0.717, 1.165) is 12.8 Å². The molecule has 1 aliphatic rings. The maximum absolute atomic E-state index is 11.5. The molecule has 1 atom stereocenters. The zero-order valence-electron chi connectivity index (χ0n) is 6.86. The SMILES string of the molecule is NC(=O)c1ccc(S(=O)C2CC2)o1. The molecule has 2 rings (SSSR count). The lowest BCUT2D eigenvalue weighted by Gasteiger charge is -1.92. The third kappa shape index (κ3) is 1.65. The van der Waals surface area contributed by atoms with Gasteiger partial charge in [-0.3, -0.25) is 9.00 Å². The van der Waals surface area contributed by atoms with E-state index in [2.05, 4.69) is 0 Å². The molecule has 1 amide bonds. The van der Waals surface area contributed by atoms with Crippen LogP contribution in [0.5, 0.6) is 0 Å². The van der Waals surface area contributed by atoms with Crippen molar-refractivity contribution >= 4 is 16.7 Å². The first-order chi connectivity index (χ1) is 6.18. The first-order valence-electron chi connectivity index (χ1n) is 3.98. The molecule has 0 aromatic carbocycles. The van der Waals surface area contributed by atoms with E-state index >= 15 is 0 Å². The molecular weight excluding hydrogens is 190 g/mol. The van der Waals surface area contributed by atoms with E-state index in [1.54, 1.807) is 6.07 Å². The summed E-state index contributed by atoms with van der Waals surface area (Å²) in [6.45, 7) is 0. The van der Waals surface area contributed by atoms with Gasteiger partial charge in [0.1, 0.15) is 0 Å². The van der Waals surface area contributed by atoms with Gasteiger partial charge in [0.25, 0.3) is 5.91 Å². The Morgan fingerprint density at radius 2 is 2.23 bits per heavy atom. The molecule has 2 N–H and O–H groups in total. The molecule has 5 heteroatoms. The van der Waals surface area contributed by atoms with E-state index in [4.69, 9.17) is 10.2 Å². The van der Waals surface area contributed by atoms with Crippen LogP contribution in [0.25, 0.3) is 0 Å². The summed E-state index contributed by atoms with van der Waals surface area (Å²) >= 11 is 0. The Morgan fingerprint density at radius 3 is 2.69 bits per heavy atom. The normalized spacial score (nSPS) is 18.5. The lowest BCUT2D eigenvalue weighted by molar-refractivity contribution is 0.0969. The van der Waals surface area contributed by atoms with Gasteiger partial charge < -0.3 is 10.2 Å². The average Bonchev–Trinajstić information content (AvgIpc) is 2.81. The van der Waals surface area contributed by atoms with Crippen LogP contribution in [0.3, 0.4) is 0 Å². The smallest absolute Gasteiger partial charge is 0.284 e. The van der Waals surface area contributed by atoms with Crippen molar-refractivity contribution in [1.82, 2.24) is 0 Å². The minimum Gasteiger partial charge on any atom is -0.442 e. The molecule has 1 aromatic heterocycles. The molecule has 1 aromatic rings. The molecule has 1 saturated carbocycles. The number of hydrogen-bond donors (Lipinski definition) is 1. The molecule has 0 radical (unpaired) electrons. The van der Waals surface area contributed by atoms with Gasteiger partial charge in [0, 0.05) is 5.25 Å². The van der Waals surface area contributed by atoms with Gasteiger partial charge >= 0.3 is 0 Å². The highest BCUT2D eigenvalue weighted by atomic mass is 32.2. The van der Waals surface area contributed by atoms with Gasteiger partial charge in [-0.1, -0.05) is 0 Å². The summed E-state index contributed by atoms with van der Waals surface area (Å²) in [4.78, 5) is 10.7. The van der Waals surface area contributed by atoms with Gasteiger partial charge in [0.2, 0.25) is 0 Å². The summed E-state index contributed by atoms with van der Waals surface area (Å²) in [7, 11) is -1.09. The first kappa shape index (κ1) is 8.50. The minimum absolute atomic E-state index is 0.0731. The summed E-state index contributed by atoms with van der Waals surface area (Å²) < 4.78 is 16.5. The van der Waals surface area contributed by atoms with Crippen molar-refractivity contribution in [1.29, 1.82) is 0 Å². The quantitative estimate of drug-likeness (QED) is 0.776. The zero-order valence-corrected chi connectivity index (χ0v) is 7.67. The number of rotatable bonds is 3. The van der Waals surface area contributed by atoms with E-state index in [-0.39, 0.29) is 11.0 Å². The third-order valence-electron chi connectivity index (χ3n) is 1.85. The van der Waals surface area contributed by atoms with Crippen LogP contribution < -0.4 is 5.73 Å². The molecule has 1 unspecified atom stereocenters. The fourth-order valence-electron chi connectivity index (χ4n) is 1.01. The van der Waals surface area contributed by atoms with E-state index < -0.39 is 16.7 Å². The molecule has 13 heavy (non-hydrogen) atoms. The standard InChI is InChI=1S/C8H9NO3S/c9-8(10)6-3-4-7(12-6)13(11)5-1-2-5/h3-5H,1-2H2,(H2,9,10). The summed E-state index contributed by atoms with van der Waals surface area (Å²) in [5.41, 5.74) is 4.99. The fraction of sp³-hybridized carbons (Fsp3) is 0.375. The van der Waals surface area contributed by atoms with Gasteiger partial charge in [0.05, 0.1) is 10.8 Å². The minimum atomic E-state index is -1.09. The van der Waals surface area contributed by atoms with Crippen LogP contribution in [0.4, 0.5) is 0 Å². The van der Waals surface area contributed by atoms with Crippen molar-refractivity contribution in [2.75, 3.05) is 0 Å². The van der Waals surface area contributed by atoms with E-state index in [9.17, 15) is 9.00 Å². The highest BCUT2D eigenvalue weighted by Gasteiger charge is 2.31. The Balaban J connectivity index is 2.21. The number of hydrogen-bond acceptors (Lipinski definition) is 3. The van der Waals surface area contributed by atoms with Crippen LogP contribution in [0.1, 0.15) is 23.4 Å². The van der Waals surface area contributed by atoms with Crippen molar-refractivity contribution in [3.8, 4) is 0 Å². The Kier molecular flexibility index (Phi) is 1.95. The van der Waals surface area contributed by atoms with Crippen LogP contribution >= 0.6 is 0 Å². The predicted octanol–water partition coefficient (Wildman–Crippen LogP) is 0.649. The Labute approximate surface area is 77.6 Å². The first-order valence-corrected chi connectivity index (χ1v) is 5.20. The number of amides is 1. The predicted molar refractivity (Wildman–Crippen MR) is 46.7 cm³/mol. The van der Waals surface area contributed by atoms with Gasteiger partial charge in [-0.2, -0.15) is 0 Å². The van der Waals surface area contributed by atoms with Gasteiger partial charge in [-0.05, 0) is 25.0 Å². The molecule has 0 bridgehead atoms. The summed E-state index contributed by atoms with van der Waals surface area (Å²) in [6, 6.07) is 3.01. The molecule has 70 valence electrons. The summed E-state index contributed by atoms with van der Waals surface area (Å²) in [5.74, 6) is -0.553. The van der Waals surface area contributed by atoms with Crippen molar-refractivity contribution < 1.29 is 13.4 Å². The monoisotopic (exact) mass is 199 g/mol. The maximum Gasteiger partial charge on any atom is 0.284 e. The van der Waals surface area contributed by atoms with Crippen LogP contribution in [0.2, 0.25) is 0 Å². The maximum atomic E-state index is 11.5. The van der Waals surface area contributed by atoms with Gasteiger partial charge in [-0.25, -0.2) is 0 Å². The second kappa shape index (κ2) is 2.99. The second-order valence-electron chi connectivity index (χ2n) is 2.98. The molecule has 0 saturated heterocycles.